The molecule has 0 amide bonds. The maximum Gasteiger partial charge on any atom is 0.133 e. The van der Waals surface area contributed by atoms with Crippen LogP contribution in [0, 0.1) is 39.9 Å². The summed E-state index contributed by atoms with van der Waals surface area (Å²) in [6, 6.07) is 0. The highest BCUT2D eigenvalue weighted by Crippen LogP contribution is 2.65. The predicted molar refractivity (Wildman–Crippen MR) is 98.2 cm³/mol. The molecule has 0 aliphatic heterocycles. The van der Waals surface area contributed by atoms with Gasteiger partial charge in [-0.15, -0.1) is 0 Å². The number of hydrogen-bond acceptors (Lipinski definition) is 2. The third-order valence-corrected chi connectivity index (χ3v) is 8.73. The zero-order valence-electron chi connectivity index (χ0n) is 15.7. The molecule has 0 saturated heterocycles. The quantitative estimate of drug-likeness (QED) is 0.672. The van der Waals surface area contributed by atoms with Crippen molar-refractivity contribution in [3.8, 4) is 0 Å². The average Bonchev–Trinajstić information content (AvgIpc) is 2.81. The number of fused-ring (bicyclic) bond motifs is 5. The first-order valence-corrected chi connectivity index (χ1v) is 10.2. The summed E-state index contributed by atoms with van der Waals surface area (Å²) in [6.45, 7) is 6.77. The van der Waals surface area contributed by atoms with Gasteiger partial charge in [-0.3, -0.25) is 4.79 Å². The van der Waals surface area contributed by atoms with E-state index in [1.807, 2.05) is 6.92 Å². The van der Waals surface area contributed by atoms with Gasteiger partial charge in [0, 0.05) is 11.6 Å². The van der Waals surface area contributed by atoms with E-state index in [9.17, 15) is 4.79 Å². The molecule has 0 aromatic rings. The third kappa shape index (κ3) is 2.21. The van der Waals surface area contributed by atoms with Crippen molar-refractivity contribution < 1.29 is 4.79 Å². The van der Waals surface area contributed by atoms with E-state index in [0.717, 1.165) is 36.3 Å². The van der Waals surface area contributed by atoms with Crippen molar-refractivity contribution >= 4 is 11.5 Å². The summed E-state index contributed by atoms with van der Waals surface area (Å²) in [6.07, 6.45) is 13.1. The first-order chi connectivity index (χ1) is 11.4. The van der Waals surface area contributed by atoms with Gasteiger partial charge >= 0.3 is 0 Å². The Balaban J connectivity index is 1.70. The average molecular weight is 328 g/mol. The van der Waals surface area contributed by atoms with Crippen LogP contribution in [0.15, 0.2) is 11.6 Å². The zero-order valence-corrected chi connectivity index (χ0v) is 15.7. The second-order valence-corrected chi connectivity index (χ2v) is 9.67. The lowest BCUT2D eigenvalue weighted by molar-refractivity contribution is -0.127. The predicted octanol–water partition coefficient (Wildman–Crippen LogP) is 5.56. The molecule has 4 aliphatic rings. The molecule has 3 saturated carbocycles. The van der Waals surface area contributed by atoms with Crippen LogP contribution in [-0.2, 0) is 4.79 Å². The molecule has 0 radical (unpaired) electrons. The monoisotopic (exact) mass is 327 g/mol. The van der Waals surface area contributed by atoms with Crippen molar-refractivity contribution in [1.82, 2.24) is 0 Å². The van der Waals surface area contributed by atoms with Crippen LogP contribution in [0.3, 0.4) is 0 Å². The zero-order chi connectivity index (χ0) is 17.1. The van der Waals surface area contributed by atoms with Gasteiger partial charge in [0.15, 0.2) is 0 Å². The van der Waals surface area contributed by atoms with Crippen molar-refractivity contribution in [2.45, 2.75) is 78.6 Å². The molecule has 2 heteroatoms. The van der Waals surface area contributed by atoms with Crippen LogP contribution in [0.2, 0.25) is 0 Å². The molecule has 0 heterocycles. The van der Waals surface area contributed by atoms with Crippen LogP contribution in [0.5, 0.6) is 0 Å². The number of carbonyl (C=O) groups excluding carboxylic acids is 1. The van der Waals surface area contributed by atoms with E-state index in [1.54, 1.807) is 5.57 Å². The molecule has 3 unspecified atom stereocenters. The van der Waals surface area contributed by atoms with E-state index in [4.69, 9.17) is 5.41 Å². The van der Waals surface area contributed by atoms with Crippen LogP contribution in [0.1, 0.15) is 78.6 Å². The highest BCUT2D eigenvalue weighted by atomic mass is 16.1. The Hall–Kier alpha value is -0.920. The van der Waals surface area contributed by atoms with Gasteiger partial charge in [0.25, 0.3) is 0 Å². The minimum absolute atomic E-state index is 0.263. The Bertz CT molecular complexity index is 605. The first-order valence-electron chi connectivity index (χ1n) is 10.2. The normalized spacial score (nSPS) is 48.0. The Kier molecular flexibility index (Phi) is 3.82. The van der Waals surface area contributed by atoms with Gasteiger partial charge in [0.05, 0.1) is 0 Å². The molecular formula is C22H33NO. The molecule has 1 N–H and O–H groups in total. The highest BCUT2D eigenvalue weighted by Gasteiger charge is 2.58. The Labute approximate surface area is 147 Å². The van der Waals surface area contributed by atoms with E-state index >= 15 is 0 Å². The lowest BCUT2D eigenvalue weighted by Gasteiger charge is -2.54. The number of ketones is 1. The molecule has 0 spiro atoms. The second kappa shape index (κ2) is 5.54. The summed E-state index contributed by atoms with van der Waals surface area (Å²) in [5.41, 5.74) is 3.01. The van der Waals surface area contributed by atoms with Crippen LogP contribution in [-0.4, -0.2) is 11.5 Å². The van der Waals surface area contributed by atoms with E-state index < -0.39 is 0 Å². The van der Waals surface area contributed by atoms with Crippen molar-refractivity contribution in [3.05, 3.63) is 11.6 Å². The van der Waals surface area contributed by atoms with E-state index in [1.165, 1.54) is 44.9 Å². The molecule has 0 aromatic heterocycles. The second-order valence-electron chi connectivity index (χ2n) is 9.67. The fraction of sp³-hybridized carbons (Fsp3) is 0.818. The van der Waals surface area contributed by atoms with Gasteiger partial charge in [-0.2, -0.15) is 0 Å². The summed E-state index contributed by atoms with van der Waals surface area (Å²) < 4.78 is 0. The number of Topliss-reactive ketones (excluding diaryl/α,β-unsaturated/α-hetero) is 1. The van der Waals surface area contributed by atoms with E-state index in [-0.39, 0.29) is 5.41 Å². The van der Waals surface area contributed by atoms with Crippen molar-refractivity contribution in [1.29, 1.82) is 5.41 Å². The molecule has 0 bridgehead atoms. The van der Waals surface area contributed by atoms with Gasteiger partial charge in [-0.05, 0) is 99.4 Å². The lowest BCUT2D eigenvalue weighted by Crippen LogP contribution is -2.47. The molecule has 0 aromatic carbocycles. The fourth-order valence-electron chi connectivity index (χ4n) is 7.46. The van der Waals surface area contributed by atoms with Crippen LogP contribution in [0.25, 0.3) is 0 Å². The number of rotatable bonds is 1. The molecule has 3 fully saturated rings. The van der Waals surface area contributed by atoms with Gasteiger partial charge in [0.2, 0.25) is 0 Å². The van der Waals surface area contributed by atoms with Crippen molar-refractivity contribution in [2.75, 3.05) is 0 Å². The molecule has 24 heavy (non-hydrogen) atoms. The molecule has 2 nitrogen and oxygen atoms in total. The Morgan fingerprint density at radius 2 is 1.88 bits per heavy atom. The summed E-state index contributed by atoms with van der Waals surface area (Å²) in [5, 5.41) is 8.11. The maximum absolute atomic E-state index is 12.2. The van der Waals surface area contributed by atoms with Crippen molar-refractivity contribution in [2.24, 2.45) is 34.5 Å². The SMILES string of the molecule is CC(=O)[C@H]1CCC2C3CCCC4=CC(=N)CC[C@]4(C)C3CC[C@@]21C. The van der Waals surface area contributed by atoms with Gasteiger partial charge < -0.3 is 5.41 Å². The minimum Gasteiger partial charge on any atom is -0.305 e. The van der Waals surface area contributed by atoms with Gasteiger partial charge in [-0.25, -0.2) is 0 Å². The fourth-order valence-corrected chi connectivity index (χ4v) is 7.46. The Morgan fingerprint density at radius 3 is 2.62 bits per heavy atom. The van der Waals surface area contributed by atoms with E-state index in [0.29, 0.717) is 17.1 Å². The third-order valence-electron chi connectivity index (χ3n) is 8.73. The molecule has 4 aliphatic carbocycles. The summed E-state index contributed by atoms with van der Waals surface area (Å²) in [4.78, 5) is 12.2. The van der Waals surface area contributed by atoms with Crippen LogP contribution < -0.4 is 0 Å². The first kappa shape index (κ1) is 16.5. The molecule has 4 rings (SSSR count). The molecule has 6 atom stereocenters. The summed E-state index contributed by atoms with van der Waals surface area (Å²) in [5.74, 6) is 3.08. The summed E-state index contributed by atoms with van der Waals surface area (Å²) in [7, 11) is 0. The van der Waals surface area contributed by atoms with E-state index in [2.05, 4.69) is 19.9 Å². The van der Waals surface area contributed by atoms with Crippen LogP contribution in [0.4, 0.5) is 0 Å². The maximum atomic E-state index is 12.2. The highest BCUT2D eigenvalue weighted by molar-refractivity contribution is 5.94. The molecule has 132 valence electrons. The topological polar surface area (TPSA) is 40.9 Å². The minimum atomic E-state index is 0.263. The number of nitrogens with one attached hydrogen (secondary N) is 1. The number of hydrogen-bond donors (Lipinski definition) is 1. The lowest BCUT2D eigenvalue weighted by atomic mass is 9.50. The molecular weight excluding hydrogens is 294 g/mol. The standard InChI is InChI=1S/C22H33NO/c1-14(24)18-7-8-19-17-6-4-5-15-13-16(23)9-11-21(15,2)20(17)10-12-22(18,19)3/h13,17-20,23H,4-12H2,1-3H3/t17?,18-,19?,20?,21+,22-/m1/s1. The van der Waals surface area contributed by atoms with Crippen molar-refractivity contribution in [3.63, 3.8) is 0 Å². The van der Waals surface area contributed by atoms with Crippen LogP contribution >= 0.6 is 0 Å². The number of allylic oxidation sites excluding steroid dienone is 2. The summed E-state index contributed by atoms with van der Waals surface area (Å²) >= 11 is 0. The Morgan fingerprint density at radius 1 is 1.08 bits per heavy atom. The smallest absolute Gasteiger partial charge is 0.133 e. The van der Waals surface area contributed by atoms with Gasteiger partial charge in [0.1, 0.15) is 5.78 Å². The number of carbonyl (C=O) groups is 1. The largest absolute Gasteiger partial charge is 0.305 e. The van der Waals surface area contributed by atoms with Gasteiger partial charge in [-0.1, -0.05) is 19.4 Å².